The minimum absolute atomic E-state index is 0.0718. The molecule has 0 radical (unpaired) electrons. The molecule has 1 saturated carbocycles. The highest BCUT2D eigenvalue weighted by Crippen LogP contribution is 2.31. The zero-order valence-corrected chi connectivity index (χ0v) is 17.2. The Morgan fingerprint density at radius 2 is 1.79 bits per heavy atom. The van der Waals surface area contributed by atoms with Crippen LogP contribution in [0.5, 0.6) is 5.75 Å². The highest BCUT2D eigenvalue weighted by Gasteiger charge is 2.29. The Morgan fingerprint density at radius 1 is 1.07 bits per heavy atom. The topological polar surface area (TPSA) is 79.5 Å². The average molecular weight is 396 g/mol. The molecular formula is C23H29N3O3. The van der Waals surface area contributed by atoms with Crippen LogP contribution >= 0.6 is 0 Å². The van der Waals surface area contributed by atoms with Crippen molar-refractivity contribution in [2.45, 2.75) is 33.6 Å². The number of hydrogen-bond donors (Lipinski definition) is 3. The summed E-state index contributed by atoms with van der Waals surface area (Å²) in [4.78, 5) is 24.4. The van der Waals surface area contributed by atoms with Crippen molar-refractivity contribution in [3.8, 4) is 5.75 Å². The number of carbonyl (C=O) groups is 2. The van der Waals surface area contributed by atoms with Crippen molar-refractivity contribution in [3.05, 3.63) is 48.0 Å². The molecular weight excluding hydrogens is 366 g/mol. The van der Waals surface area contributed by atoms with Crippen molar-refractivity contribution in [2.24, 2.45) is 11.8 Å². The summed E-state index contributed by atoms with van der Waals surface area (Å²) < 4.78 is 5.70. The standard InChI is InChI=1S/C23H29N3O3/c1-15(2)14-29-19-7-4-6-18(12-19)25-22(27)13-24-20-8-5-9-21(16(20)3)26-23(28)17-10-11-17/h4-9,12,15,17,24H,10-11,13-14H2,1-3H3,(H,25,27)(H,26,28). The molecule has 0 atom stereocenters. The van der Waals surface area contributed by atoms with Gasteiger partial charge in [-0.3, -0.25) is 9.59 Å². The van der Waals surface area contributed by atoms with E-state index in [2.05, 4.69) is 29.8 Å². The quantitative estimate of drug-likeness (QED) is 0.587. The third-order valence-electron chi connectivity index (χ3n) is 4.68. The second-order valence-corrected chi connectivity index (χ2v) is 7.88. The lowest BCUT2D eigenvalue weighted by Crippen LogP contribution is -2.22. The summed E-state index contributed by atoms with van der Waals surface area (Å²) in [6, 6.07) is 13.0. The Morgan fingerprint density at radius 3 is 2.52 bits per heavy atom. The van der Waals surface area contributed by atoms with E-state index in [1.807, 2.05) is 49.4 Å². The summed E-state index contributed by atoms with van der Waals surface area (Å²) in [6.07, 6.45) is 1.93. The molecule has 29 heavy (non-hydrogen) atoms. The molecule has 2 amide bonds. The van der Waals surface area contributed by atoms with E-state index in [1.54, 1.807) is 0 Å². The number of nitrogens with one attached hydrogen (secondary N) is 3. The second kappa shape index (κ2) is 9.45. The van der Waals surface area contributed by atoms with E-state index in [0.29, 0.717) is 18.2 Å². The maximum atomic E-state index is 12.4. The molecule has 0 spiro atoms. The number of ether oxygens (including phenoxy) is 1. The fourth-order valence-electron chi connectivity index (χ4n) is 2.85. The largest absolute Gasteiger partial charge is 0.493 e. The van der Waals surface area contributed by atoms with Crippen LogP contribution in [0.25, 0.3) is 0 Å². The van der Waals surface area contributed by atoms with Crippen LogP contribution in [0.4, 0.5) is 17.1 Å². The predicted molar refractivity (Wildman–Crippen MR) is 116 cm³/mol. The smallest absolute Gasteiger partial charge is 0.243 e. The van der Waals surface area contributed by atoms with Crippen LogP contribution in [-0.4, -0.2) is 25.0 Å². The van der Waals surface area contributed by atoms with E-state index in [4.69, 9.17) is 4.74 Å². The molecule has 3 rings (SSSR count). The van der Waals surface area contributed by atoms with Crippen molar-refractivity contribution in [1.29, 1.82) is 0 Å². The Hall–Kier alpha value is -3.02. The van der Waals surface area contributed by atoms with Crippen LogP contribution < -0.4 is 20.7 Å². The molecule has 0 unspecified atom stereocenters. The highest BCUT2D eigenvalue weighted by atomic mass is 16.5. The fourth-order valence-corrected chi connectivity index (χ4v) is 2.85. The lowest BCUT2D eigenvalue weighted by Gasteiger charge is -2.14. The molecule has 1 aliphatic carbocycles. The van der Waals surface area contributed by atoms with Gasteiger partial charge in [-0.05, 0) is 55.5 Å². The van der Waals surface area contributed by atoms with Crippen molar-refractivity contribution >= 4 is 28.9 Å². The van der Waals surface area contributed by atoms with Crippen molar-refractivity contribution in [2.75, 3.05) is 29.1 Å². The first-order chi connectivity index (χ1) is 13.9. The monoisotopic (exact) mass is 395 g/mol. The van der Waals surface area contributed by atoms with Gasteiger partial charge in [0, 0.05) is 29.0 Å². The van der Waals surface area contributed by atoms with E-state index in [1.165, 1.54) is 0 Å². The van der Waals surface area contributed by atoms with Crippen LogP contribution in [0.3, 0.4) is 0 Å². The van der Waals surface area contributed by atoms with Crippen LogP contribution in [0, 0.1) is 18.8 Å². The first-order valence-electron chi connectivity index (χ1n) is 10.1. The van der Waals surface area contributed by atoms with E-state index in [-0.39, 0.29) is 24.3 Å². The number of benzene rings is 2. The Labute approximate surface area is 172 Å². The zero-order chi connectivity index (χ0) is 20.8. The summed E-state index contributed by atoms with van der Waals surface area (Å²) >= 11 is 0. The SMILES string of the molecule is Cc1c(NCC(=O)Nc2cccc(OCC(C)C)c2)cccc1NC(=O)C1CC1. The summed E-state index contributed by atoms with van der Waals surface area (Å²) in [6.45, 7) is 6.86. The van der Waals surface area contributed by atoms with E-state index in [0.717, 1.165) is 35.5 Å². The van der Waals surface area contributed by atoms with Gasteiger partial charge in [0.1, 0.15) is 5.75 Å². The third-order valence-corrected chi connectivity index (χ3v) is 4.68. The van der Waals surface area contributed by atoms with E-state index >= 15 is 0 Å². The maximum Gasteiger partial charge on any atom is 0.243 e. The van der Waals surface area contributed by atoms with E-state index in [9.17, 15) is 9.59 Å². The molecule has 0 aliphatic heterocycles. The molecule has 0 aromatic heterocycles. The number of amides is 2. The molecule has 0 saturated heterocycles. The second-order valence-electron chi connectivity index (χ2n) is 7.88. The van der Waals surface area contributed by atoms with Crippen molar-refractivity contribution in [3.63, 3.8) is 0 Å². The van der Waals surface area contributed by atoms with Crippen molar-refractivity contribution in [1.82, 2.24) is 0 Å². The summed E-state index contributed by atoms with van der Waals surface area (Å²) in [5, 5.41) is 9.00. The van der Waals surface area contributed by atoms with Gasteiger partial charge < -0.3 is 20.7 Å². The molecule has 154 valence electrons. The lowest BCUT2D eigenvalue weighted by atomic mass is 10.1. The molecule has 2 aromatic carbocycles. The molecule has 2 aromatic rings. The minimum atomic E-state index is -0.155. The fraction of sp³-hybridized carbons (Fsp3) is 0.391. The number of rotatable bonds is 9. The Kier molecular flexibility index (Phi) is 6.75. The Bertz CT molecular complexity index is 875. The van der Waals surface area contributed by atoms with Gasteiger partial charge in [0.2, 0.25) is 11.8 Å². The number of hydrogen-bond acceptors (Lipinski definition) is 4. The minimum Gasteiger partial charge on any atom is -0.493 e. The van der Waals surface area contributed by atoms with Crippen molar-refractivity contribution < 1.29 is 14.3 Å². The molecule has 1 aliphatic rings. The molecule has 6 heteroatoms. The van der Waals surface area contributed by atoms with Crippen LogP contribution in [-0.2, 0) is 9.59 Å². The van der Waals surface area contributed by atoms with Gasteiger partial charge in [-0.15, -0.1) is 0 Å². The normalized spacial score (nSPS) is 13.1. The van der Waals surface area contributed by atoms with Gasteiger partial charge in [-0.2, -0.15) is 0 Å². The summed E-state index contributed by atoms with van der Waals surface area (Å²) in [7, 11) is 0. The van der Waals surface area contributed by atoms with Gasteiger partial charge >= 0.3 is 0 Å². The molecule has 6 nitrogen and oxygen atoms in total. The molecule has 0 bridgehead atoms. The van der Waals surface area contributed by atoms with Gasteiger partial charge in [0.25, 0.3) is 0 Å². The number of carbonyl (C=O) groups excluding carboxylic acids is 2. The van der Waals surface area contributed by atoms with Gasteiger partial charge in [0.15, 0.2) is 0 Å². The lowest BCUT2D eigenvalue weighted by molar-refractivity contribution is -0.117. The molecule has 0 heterocycles. The third kappa shape index (κ3) is 6.24. The van der Waals surface area contributed by atoms with Crippen LogP contribution in [0.15, 0.2) is 42.5 Å². The predicted octanol–water partition coefficient (Wildman–Crippen LogP) is 4.43. The van der Waals surface area contributed by atoms with Gasteiger partial charge in [0.05, 0.1) is 13.2 Å². The maximum absolute atomic E-state index is 12.4. The van der Waals surface area contributed by atoms with Gasteiger partial charge in [-0.1, -0.05) is 26.0 Å². The first-order valence-corrected chi connectivity index (χ1v) is 10.1. The first kappa shape index (κ1) is 20.7. The Balaban J connectivity index is 1.54. The number of anilines is 3. The van der Waals surface area contributed by atoms with Crippen LogP contribution in [0.1, 0.15) is 32.3 Å². The molecule has 3 N–H and O–H groups in total. The zero-order valence-electron chi connectivity index (χ0n) is 17.2. The highest BCUT2D eigenvalue weighted by molar-refractivity contribution is 5.96. The molecule has 1 fully saturated rings. The average Bonchev–Trinajstić information content (AvgIpc) is 3.53. The van der Waals surface area contributed by atoms with Gasteiger partial charge in [-0.25, -0.2) is 0 Å². The summed E-state index contributed by atoms with van der Waals surface area (Å²) in [5.74, 6) is 1.24. The van der Waals surface area contributed by atoms with Crippen LogP contribution in [0.2, 0.25) is 0 Å². The summed E-state index contributed by atoms with van der Waals surface area (Å²) in [5.41, 5.74) is 3.21. The van der Waals surface area contributed by atoms with E-state index < -0.39 is 0 Å².